The Hall–Kier alpha value is -2.32. The van der Waals surface area contributed by atoms with Gasteiger partial charge < -0.3 is 24.8 Å². The monoisotopic (exact) mass is 382 g/mol. The lowest BCUT2D eigenvalue weighted by atomic mass is 10.0. The first-order chi connectivity index (χ1) is 12.8. The standard InChI is InChI=1S/C18H30N4O5/c1-13(2)12-14(19-18(26)27-3)15(23)21-8-10-22(11-9-21)17(25)16(24)20-6-4-5-7-20/h13-14H,4-12H2,1-3H3,(H,19,26). The highest BCUT2D eigenvalue weighted by atomic mass is 16.5. The lowest BCUT2D eigenvalue weighted by Gasteiger charge is -2.36. The summed E-state index contributed by atoms with van der Waals surface area (Å²) >= 11 is 0. The largest absolute Gasteiger partial charge is 0.453 e. The topological polar surface area (TPSA) is 99.3 Å². The third-order valence-electron chi connectivity index (χ3n) is 4.94. The number of alkyl carbamates (subject to hydrolysis) is 1. The number of methoxy groups -OCH3 is 1. The van der Waals surface area contributed by atoms with Gasteiger partial charge in [-0.1, -0.05) is 13.8 Å². The van der Waals surface area contributed by atoms with Crippen LogP contribution < -0.4 is 5.32 Å². The van der Waals surface area contributed by atoms with Gasteiger partial charge in [0.05, 0.1) is 7.11 Å². The van der Waals surface area contributed by atoms with Gasteiger partial charge in [-0.25, -0.2) is 4.79 Å². The van der Waals surface area contributed by atoms with Gasteiger partial charge in [-0.05, 0) is 25.2 Å². The van der Waals surface area contributed by atoms with E-state index in [9.17, 15) is 19.2 Å². The number of rotatable bonds is 4. The molecule has 0 saturated carbocycles. The van der Waals surface area contributed by atoms with Crippen molar-refractivity contribution in [2.75, 3.05) is 46.4 Å². The molecule has 0 radical (unpaired) electrons. The summed E-state index contributed by atoms with van der Waals surface area (Å²) in [5.41, 5.74) is 0. The van der Waals surface area contributed by atoms with Gasteiger partial charge in [-0.15, -0.1) is 0 Å². The van der Waals surface area contributed by atoms with Gasteiger partial charge in [-0.2, -0.15) is 0 Å². The molecule has 1 unspecified atom stereocenters. The number of hydrogen-bond acceptors (Lipinski definition) is 5. The summed E-state index contributed by atoms with van der Waals surface area (Å²) in [6.07, 6.45) is 1.73. The van der Waals surface area contributed by atoms with E-state index in [2.05, 4.69) is 10.1 Å². The van der Waals surface area contributed by atoms with Crippen molar-refractivity contribution in [2.24, 2.45) is 5.92 Å². The molecule has 0 spiro atoms. The van der Waals surface area contributed by atoms with Crippen molar-refractivity contribution < 1.29 is 23.9 Å². The maximum atomic E-state index is 12.8. The Morgan fingerprint density at radius 2 is 1.33 bits per heavy atom. The molecule has 2 fully saturated rings. The summed E-state index contributed by atoms with van der Waals surface area (Å²) in [5, 5.41) is 2.59. The normalized spacial score (nSPS) is 18.4. The van der Waals surface area contributed by atoms with Crippen LogP contribution in [0.1, 0.15) is 33.1 Å². The fraction of sp³-hybridized carbons (Fsp3) is 0.778. The zero-order chi connectivity index (χ0) is 20.0. The van der Waals surface area contributed by atoms with Crippen LogP contribution in [0.4, 0.5) is 4.79 Å². The number of nitrogens with one attached hydrogen (secondary N) is 1. The highest BCUT2D eigenvalue weighted by molar-refractivity contribution is 6.35. The van der Waals surface area contributed by atoms with E-state index in [-0.39, 0.29) is 11.8 Å². The van der Waals surface area contributed by atoms with Crippen molar-refractivity contribution in [3.05, 3.63) is 0 Å². The molecule has 2 saturated heterocycles. The maximum absolute atomic E-state index is 12.8. The first kappa shape index (κ1) is 21.0. The molecule has 0 bridgehead atoms. The van der Waals surface area contributed by atoms with E-state index < -0.39 is 23.9 Å². The van der Waals surface area contributed by atoms with Crippen LogP contribution in [-0.4, -0.2) is 90.9 Å². The second kappa shape index (κ2) is 9.57. The SMILES string of the molecule is COC(=O)NC(CC(C)C)C(=O)N1CCN(C(=O)C(=O)N2CCCC2)CC1. The fourth-order valence-corrected chi connectivity index (χ4v) is 3.44. The molecule has 4 amide bonds. The molecule has 27 heavy (non-hydrogen) atoms. The molecule has 0 aromatic rings. The van der Waals surface area contributed by atoms with Crippen molar-refractivity contribution in [3.8, 4) is 0 Å². The van der Waals surface area contributed by atoms with Gasteiger partial charge >= 0.3 is 17.9 Å². The van der Waals surface area contributed by atoms with Gasteiger partial charge in [-0.3, -0.25) is 14.4 Å². The third-order valence-corrected chi connectivity index (χ3v) is 4.94. The molecule has 2 heterocycles. The van der Waals surface area contributed by atoms with Crippen LogP contribution in [0.25, 0.3) is 0 Å². The number of likely N-dealkylation sites (tertiary alicyclic amines) is 1. The Kier molecular flexibility index (Phi) is 7.44. The summed E-state index contributed by atoms with van der Waals surface area (Å²) in [7, 11) is 1.26. The molecule has 0 aromatic carbocycles. The summed E-state index contributed by atoms with van der Waals surface area (Å²) in [4.78, 5) is 53.7. The van der Waals surface area contributed by atoms with Gasteiger partial charge in [0.25, 0.3) is 0 Å². The van der Waals surface area contributed by atoms with Crippen molar-refractivity contribution in [1.82, 2.24) is 20.0 Å². The molecule has 9 nitrogen and oxygen atoms in total. The molecule has 1 N–H and O–H groups in total. The van der Waals surface area contributed by atoms with Crippen molar-refractivity contribution in [2.45, 2.75) is 39.2 Å². The first-order valence-corrected chi connectivity index (χ1v) is 9.55. The van der Waals surface area contributed by atoms with E-state index in [1.165, 1.54) is 12.0 Å². The average Bonchev–Trinajstić information content (AvgIpc) is 3.20. The second-order valence-corrected chi connectivity index (χ2v) is 7.43. The number of carbonyl (C=O) groups excluding carboxylic acids is 4. The Morgan fingerprint density at radius 1 is 0.852 bits per heavy atom. The third kappa shape index (κ3) is 5.58. The number of piperazine rings is 1. The number of nitrogens with zero attached hydrogens (tertiary/aromatic N) is 3. The number of amides is 4. The molecule has 1 atom stereocenters. The van der Waals surface area contributed by atoms with Crippen molar-refractivity contribution in [3.63, 3.8) is 0 Å². The van der Waals surface area contributed by atoms with Gasteiger partial charge in [0.2, 0.25) is 5.91 Å². The first-order valence-electron chi connectivity index (χ1n) is 9.55. The van der Waals surface area contributed by atoms with Crippen LogP contribution in [0.15, 0.2) is 0 Å². The fourth-order valence-electron chi connectivity index (χ4n) is 3.44. The van der Waals surface area contributed by atoms with Crippen LogP contribution in [0.5, 0.6) is 0 Å². The van der Waals surface area contributed by atoms with Crippen LogP contribution in [0.3, 0.4) is 0 Å². The van der Waals surface area contributed by atoms with Gasteiger partial charge in [0.15, 0.2) is 0 Å². The molecular weight excluding hydrogens is 352 g/mol. The van der Waals surface area contributed by atoms with E-state index in [1.807, 2.05) is 13.8 Å². The molecular formula is C18H30N4O5. The number of carbonyl (C=O) groups is 4. The summed E-state index contributed by atoms with van der Waals surface area (Å²) in [6.45, 7) is 6.54. The highest BCUT2D eigenvalue weighted by Gasteiger charge is 2.34. The number of ether oxygens (including phenoxy) is 1. The smallest absolute Gasteiger partial charge is 0.407 e. The zero-order valence-corrected chi connectivity index (χ0v) is 16.4. The van der Waals surface area contributed by atoms with E-state index in [0.717, 1.165) is 12.8 Å². The predicted octanol–water partition coefficient (Wildman–Crippen LogP) is 0.0503. The van der Waals surface area contributed by atoms with Crippen LogP contribution in [-0.2, 0) is 19.1 Å². The lowest BCUT2D eigenvalue weighted by Crippen LogP contribution is -2.57. The van der Waals surface area contributed by atoms with Gasteiger partial charge in [0, 0.05) is 39.3 Å². The lowest BCUT2D eigenvalue weighted by molar-refractivity contribution is -0.153. The second-order valence-electron chi connectivity index (χ2n) is 7.43. The van der Waals surface area contributed by atoms with Crippen LogP contribution in [0.2, 0.25) is 0 Å². The van der Waals surface area contributed by atoms with E-state index in [0.29, 0.717) is 45.7 Å². The van der Waals surface area contributed by atoms with Crippen molar-refractivity contribution >= 4 is 23.8 Å². The molecule has 0 aromatic heterocycles. The number of hydrogen-bond donors (Lipinski definition) is 1. The van der Waals surface area contributed by atoms with E-state index in [4.69, 9.17) is 0 Å². The minimum absolute atomic E-state index is 0.188. The Morgan fingerprint density at radius 3 is 1.81 bits per heavy atom. The average molecular weight is 382 g/mol. The predicted molar refractivity (Wildman–Crippen MR) is 97.8 cm³/mol. The Labute approximate surface area is 160 Å². The zero-order valence-electron chi connectivity index (χ0n) is 16.4. The van der Waals surface area contributed by atoms with Crippen molar-refractivity contribution in [1.29, 1.82) is 0 Å². The van der Waals surface area contributed by atoms with E-state index >= 15 is 0 Å². The molecule has 2 aliphatic rings. The summed E-state index contributed by atoms with van der Waals surface area (Å²) < 4.78 is 4.61. The minimum Gasteiger partial charge on any atom is -0.453 e. The van der Waals surface area contributed by atoms with Gasteiger partial charge in [0.1, 0.15) is 6.04 Å². The molecule has 9 heteroatoms. The quantitative estimate of drug-likeness (QED) is 0.693. The molecule has 0 aliphatic carbocycles. The minimum atomic E-state index is -0.661. The molecule has 2 rings (SSSR count). The summed E-state index contributed by atoms with van der Waals surface area (Å²) in [5.74, 6) is -0.906. The molecule has 2 aliphatic heterocycles. The Balaban J connectivity index is 1.90. The molecule has 152 valence electrons. The highest BCUT2D eigenvalue weighted by Crippen LogP contribution is 2.13. The summed E-state index contributed by atoms with van der Waals surface area (Å²) in [6, 6.07) is -0.661. The maximum Gasteiger partial charge on any atom is 0.407 e. The van der Waals surface area contributed by atoms with E-state index in [1.54, 1.807) is 9.80 Å². The Bertz CT molecular complexity index is 566. The van der Waals surface area contributed by atoms with Crippen LogP contribution >= 0.6 is 0 Å². The van der Waals surface area contributed by atoms with Crippen LogP contribution in [0, 0.1) is 5.92 Å².